The molecule has 0 radical (unpaired) electrons. The van der Waals surface area contributed by atoms with Crippen LogP contribution in [0.2, 0.25) is 0 Å². The van der Waals surface area contributed by atoms with Gasteiger partial charge in [0.25, 0.3) is 0 Å². The summed E-state index contributed by atoms with van der Waals surface area (Å²) in [5.41, 5.74) is 0. The van der Waals surface area contributed by atoms with E-state index in [0.29, 0.717) is 25.3 Å². The van der Waals surface area contributed by atoms with Gasteiger partial charge in [-0.3, -0.25) is 14.0 Å². The second kappa shape index (κ2) is 11.5. The Morgan fingerprint density at radius 1 is 1.24 bits per heavy atom. The Labute approximate surface area is 155 Å². The van der Waals surface area contributed by atoms with Gasteiger partial charge in [0.15, 0.2) is 5.96 Å². The molecule has 0 saturated carbocycles. The third kappa shape index (κ3) is 9.23. The van der Waals surface area contributed by atoms with E-state index in [9.17, 15) is 9.00 Å². The molecule has 0 aliphatic carbocycles. The number of guanidine groups is 1. The molecule has 1 rings (SSSR count). The fourth-order valence-corrected chi connectivity index (χ4v) is 3.54. The number of likely N-dealkylation sites (tertiary alicyclic amines) is 1. The highest BCUT2D eigenvalue weighted by Crippen LogP contribution is 2.11. The highest BCUT2D eigenvalue weighted by molar-refractivity contribution is 7.86. The minimum atomic E-state index is -0.864. The highest BCUT2D eigenvalue weighted by Gasteiger charge is 2.18. The molecule has 0 aromatic heterocycles. The third-order valence-corrected chi connectivity index (χ3v) is 6.08. The van der Waals surface area contributed by atoms with Crippen LogP contribution in [0.15, 0.2) is 4.99 Å². The molecule has 1 atom stereocenters. The first-order valence-electron chi connectivity index (χ1n) is 9.53. The summed E-state index contributed by atoms with van der Waals surface area (Å²) in [6.45, 7) is 11.8. The maximum absolute atomic E-state index is 12.1. The average molecular weight is 373 g/mol. The van der Waals surface area contributed by atoms with E-state index in [1.807, 2.05) is 32.6 Å². The standard InChI is InChI=1S/C18H36N4O2S/c1-5-19-17(21-12-15-25(24)18(2,3)4)20-11-9-14-22-13-8-6-7-10-16(22)23/h5-15H2,1-4H3,(H2,19,20,21). The molecule has 0 aromatic rings. The van der Waals surface area contributed by atoms with E-state index in [1.165, 1.54) is 0 Å². The van der Waals surface area contributed by atoms with Crippen molar-refractivity contribution in [2.45, 2.75) is 64.5 Å². The summed E-state index contributed by atoms with van der Waals surface area (Å²) in [6, 6.07) is 0. The second-order valence-corrected chi connectivity index (χ2v) is 9.72. The van der Waals surface area contributed by atoms with Crippen LogP contribution in [0.25, 0.3) is 0 Å². The van der Waals surface area contributed by atoms with Crippen LogP contribution in [0, 0.1) is 0 Å². The normalized spacial score (nSPS) is 18.0. The van der Waals surface area contributed by atoms with Gasteiger partial charge in [-0.15, -0.1) is 0 Å². The van der Waals surface area contributed by atoms with E-state index in [4.69, 9.17) is 0 Å². The fraction of sp³-hybridized carbons (Fsp3) is 0.889. The van der Waals surface area contributed by atoms with E-state index in [2.05, 4.69) is 15.6 Å². The Morgan fingerprint density at radius 2 is 2.00 bits per heavy atom. The first-order chi connectivity index (χ1) is 11.8. The van der Waals surface area contributed by atoms with Gasteiger partial charge in [0.05, 0.1) is 0 Å². The summed E-state index contributed by atoms with van der Waals surface area (Å²) >= 11 is 0. The van der Waals surface area contributed by atoms with Crippen LogP contribution < -0.4 is 10.6 Å². The lowest BCUT2D eigenvalue weighted by atomic mass is 10.2. The number of carbonyl (C=O) groups excluding carboxylic acids is 1. The molecule has 1 unspecified atom stereocenters. The van der Waals surface area contributed by atoms with Crippen LogP contribution in [0.4, 0.5) is 0 Å². The molecule has 0 bridgehead atoms. The van der Waals surface area contributed by atoms with Gasteiger partial charge in [-0.25, -0.2) is 0 Å². The molecule has 1 aliphatic rings. The summed E-state index contributed by atoms with van der Waals surface area (Å²) in [4.78, 5) is 18.5. The molecule has 6 nitrogen and oxygen atoms in total. The predicted octanol–water partition coefficient (Wildman–Crippen LogP) is 1.88. The lowest BCUT2D eigenvalue weighted by Crippen LogP contribution is -2.40. The second-order valence-electron chi connectivity index (χ2n) is 7.39. The Kier molecular flexibility index (Phi) is 10.1. The van der Waals surface area contributed by atoms with Crippen LogP contribution in [0.1, 0.15) is 59.8 Å². The van der Waals surface area contributed by atoms with Gasteiger partial charge in [-0.05, 0) is 47.0 Å². The van der Waals surface area contributed by atoms with Gasteiger partial charge >= 0.3 is 0 Å². The molecule has 1 heterocycles. The summed E-state index contributed by atoms with van der Waals surface area (Å²) in [7, 11) is -0.864. The molecule has 1 amide bonds. The van der Waals surface area contributed by atoms with Crippen molar-refractivity contribution in [1.29, 1.82) is 0 Å². The topological polar surface area (TPSA) is 73.8 Å². The van der Waals surface area contributed by atoms with Crippen molar-refractivity contribution in [2.75, 3.05) is 38.5 Å². The minimum Gasteiger partial charge on any atom is -0.357 e. The van der Waals surface area contributed by atoms with Crippen LogP contribution in [-0.2, 0) is 15.6 Å². The monoisotopic (exact) mass is 372 g/mol. The minimum absolute atomic E-state index is 0.184. The maximum Gasteiger partial charge on any atom is 0.222 e. The van der Waals surface area contributed by atoms with E-state index >= 15 is 0 Å². The zero-order valence-corrected chi connectivity index (χ0v) is 17.2. The largest absolute Gasteiger partial charge is 0.357 e. The number of nitrogens with one attached hydrogen (secondary N) is 2. The summed E-state index contributed by atoms with van der Waals surface area (Å²) in [5.74, 6) is 1.66. The van der Waals surface area contributed by atoms with Crippen LogP contribution in [-0.4, -0.2) is 64.2 Å². The smallest absolute Gasteiger partial charge is 0.222 e. The quantitative estimate of drug-likeness (QED) is 0.388. The number of hydrogen-bond donors (Lipinski definition) is 2. The molecule has 1 fully saturated rings. The van der Waals surface area contributed by atoms with Crippen LogP contribution in [0.3, 0.4) is 0 Å². The number of hydrogen-bond acceptors (Lipinski definition) is 3. The Balaban J connectivity index is 2.34. The van der Waals surface area contributed by atoms with Gasteiger partial charge < -0.3 is 15.5 Å². The summed E-state index contributed by atoms with van der Waals surface area (Å²) in [6.07, 6.45) is 4.86. The number of aliphatic imine (C=N–C) groups is 1. The highest BCUT2D eigenvalue weighted by atomic mass is 32.2. The van der Waals surface area contributed by atoms with Crippen LogP contribution >= 0.6 is 0 Å². The molecule has 1 saturated heterocycles. The summed E-state index contributed by atoms with van der Waals surface area (Å²) in [5, 5.41) is 6.46. The number of nitrogens with zero attached hydrogens (tertiary/aromatic N) is 2. The number of rotatable bonds is 8. The zero-order valence-electron chi connectivity index (χ0n) is 16.4. The van der Waals surface area contributed by atoms with Gasteiger partial charge in [-0.2, -0.15) is 0 Å². The van der Waals surface area contributed by atoms with Gasteiger partial charge in [-0.1, -0.05) is 6.42 Å². The first kappa shape index (κ1) is 21.9. The molecule has 25 heavy (non-hydrogen) atoms. The molecule has 7 heteroatoms. The van der Waals surface area contributed by atoms with Crippen molar-refractivity contribution in [1.82, 2.24) is 15.5 Å². The van der Waals surface area contributed by atoms with Crippen molar-refractivity contribution in [3.8, 4) is 0 Å². The Bertz CT molecular complexity index is 460. The Morgan fingerprint density at radius 3 is 2.68 bits per heavy atom. The van der Waals surface area contributed by atoms with Crippen molar-refractivity contribution in [3.05, 3.63) is 0 Å². The van der Waals surface area contributed by atoms with Gasteiger partial charge in [0.2, 0.25) is 5.91 Å². The van der Waals surface area contributed by atoms with Crippen LogP contribution in [0.5, 0.6) is 0 Å². The van der Waals surface area contributed by atoms with Crippen molar-refractivity contribution < 1.29 is 9.00 Å². The van der Waals surface area contributed by atoms with E-state index in [1.54, 1.807) is 0 Å². The molecule has 2 N–H and O–H groups in total. The SMILES string of the molecule is CCNC(=NCCCN1CCCCCC1=O)NCCS(=O)C(C)(C)C. The van der Waals surface area contributed by atoms with E-state index in [0.717, 1.165) is 51.3 Å². The molecule has 0 aromatic carbocycles. The van der Waals surface area contributed by atoms with Crippen molar-refractivity contribution >= 4 is 22.7 Å². The lowest BCUT2D eigenvalue weighted by molar-refractivity contribution is -0.130. The third-order valence-electron chi connectivity index (χ3n) is 4.13. The maximum atomic E-state index is 12.1. The molecular weight excluding hydrogens is 336 g/mol. The molecule has 1 aliphatic heterocycles. The first-order valence-corrected chi connectivity index (χ1v) is 10.8. The van der Waals surface area contributed by atoms with Crippen molar-refractivity contribution in [3.63, 3.8) is 0 Å². The number of carbonyl (C=O) groups is 1. The lowest BCUT2D eigenvalue weighted by Gasteiger charge is -2.20. The molecular formula is C18H36N4O2S. The predicted molar refractivity (Wildman–Crippen MR) is 106 cm³/mol. The average Bonchev–Trinajstić information content (AvgIpc) is 2.75. The number of amides is 1. The fourth-order valence-electron chi connectivity index (χ4n) is 2.64. The van der Waals surface area contributed by atoms with E-state index in [-0.39, 0.29) is 10.7 Å². The zero-order chi connectivity index (χ0) is 18.7. The van der Waals surface area contributed by atoms with Crippen molar-refractivity contribution in [2.24, 2.45) is 4.99 Å². The van der Waals surface area contributed by atoms with E-state index < -0.39 is 10.8 Å². The molecule has 146 valence electrons. The summed E-state index contributed by atoms with van der Waals surface area (Å²) < 4.78 is 11.9. The Hall–Kier alpha value is -1.11. The molecule has 0 spiro atoms. The van der Waals surface area contributed by atoms with Gasteiger partial charge in [0.1, 0.15) is 0 Å². The van der Waals surface area contributed by atoms with Gasteiger partial charge in [0, 0.05) is 60.4 Å².